The summed E-state index contributed by atoms with van der Waals surface area (Å²) in [5.74, 6) is 0.518. The van der Waals surface area contributed by atoms with E-state index in [-0.39, 0.29) is 5.91 Å². The second-order valence-corrected chi connectivity index (χ2v) is 9.91. The molecule has 1 aliphatic heterocycles. The molecule has 1 aromatic heterocycles. The molecular weight excluding hydrogens is 448 g/mol. The van der Waals surface area contributed by atoms with Gasteiger partial charge in [0, 0.05) is 22.9 Å². The molecule has 0 aliphatic carbocycles. The minimum Gasteiger partial charge on any atom is -0.353 e. The van der Waals surface area contributed by atoms with Crippen LogP contribution < -0.4 is 5.32 Å². The monoisotopic (exact) mass is 466 g/mol. The molecule has 142 valence electrons. The number of carbonyl (C=O) groups excluding carboxylic acids is 3. The highest BCUT2D eigenvalue weighted by Gasteiger charge is 2.40. The van der Waals surface area contributed by atoms with E-state index in [4.69, 9.17) is 0 Å². The van der Waals surface area contributed by atoms with E-state index in [9.17, 15) is 14.4 Å². The maximum Gasteiger partial charge on any atom is 0.262 e. The number of nitrogens with zero attached hydrogens (tertiary/aromatic N) is 1. The van der Waals surface area contributed by atoms with Crippen molar-refractivity contribution in [2.24, 2.45) is 0 Å². The Morgan fingerprint density at radius 2 is 1.96 bits per heavy atom. The van der Waals surface area contributed by atoms with Crippen molar-refractivity contribution in [3.63, 3.8) is 0 Å². The van der Waals surface area contributed by atoms with E-state index in [1.54, 1.807) is 48.2 Å². The van der Waals surface area contributed by atoms with Crippen LogP contribution in [0.25, 0.3) is 0 Å². The summed E-state index contributed by atoms with van der Waals surface area (Å²) in [4.78, 5) is 39.8. The predicted octanol–water partition coefficient (Wildman–Crippen LogP) is 3.85. The molecule has 0 spiro atoms. The number of fused-ring (bicyclic) bond motifs is 1. The molecule has 5 nitrogen and oxygen atoms in total. The first-order valence-electron chi connectivity index (χ1n) is 8.46. The van der Waals surface area contributed by atoms with E-state index >= 15 is 0 Å². The van der Waals surface area contributed by atoms with Crippen LogP contribution in [0.1, 0.15) is 38.1 Å². The number of thiophene rings is 1. The van der Waals surface area contributed by atoms with Gasteiger partial charge in [-0.15, -0.1) is 11.3 Å². The van der Waals surface area contributed by atoms with E-state index in [1.807, 2.05) is 13.0 Å². The number of carbonyl (C=O) groups is 3. The van der Waals surface area contributed by atoms with Gasteiger partial charge in [0.15, 0.2) is 0 Å². The van der Waals surface area contributed by atoms with E-state index in [2.05, 4.69) is 27.3 Å². The molecule has 1 aromatic carbocycles. The average molecular weight is 467 g/mol. The average Bonchev–Trinajstić information content (AvgIpc) is 3.15. The normalized spacial score (nSPS) is 14.4. The molecule has 3 rings (SSSR count). The summed E-state index contributed by atoms with van der Waals surface area (Å²) in [6, 6.07) is 8.40. The van der Waals surface area contributed by atoms with Crippen LogP contribution in [0.15, 0.2) is 34.1 Å². The van der Waals surface area contributed by atoms with Crippen LogP contribution in [0.3, 0.4) is 0 Å². The number of hydrogen-bond acceptors (Lipinski definition) is 5. The summed E-state index contributed by atoms with van der Waals surface area (Å²) in [5, 5.41) is 2.82. The molecule has 1 N–H and O–H groups in total. The highest BCUT2D eigenvalue weighted by molar-refractivity contribution is 9.11. The SMILES string of the molecule is Cc1ccc2c(c1)C(=O)N(C(C)C(=O)NCCSCc1ccc(Br)s1)C2=O. The highest BCUT2D eigenvalue weighted by atomic mass is 79.9. The standard InChI is InChI=1S/C19H19BrN2O3S2/c1-11-3-5-14-15(9-11)19(25)22(18(14)24)12(2)17(23)21-7-8-26-10-13-4-6-16(20)27-13/h3-6,9,12H,7-8,10H2,1-2H3,(H,21,23). The van der Waals surface area contributed by atoms with Crippen LogP contribution in [0.2, 0.25) is 0 Å². The van der Waals surface area contributed by atoms with Crippen LogP contribution in [0.4, 0.5) is 0 Å². The number of amides is 3. The van der Waals surface area contributed by atoms with Crippen molar-refractivity contribution in [3.8, 4) is 0 Å². The summed E-state index contributed by atoms with van der Waals surface area (Å²) in [6.45, 7) is 3.94. The fourth-order valence-electron chi connectivity index (χ4n) is 2.84. The van der Waals surface area contributed by atoms with Crippen molar-refractivity contribution in [1.29, 1.82) is 0 Å². The largest absolute Gasteiger partial charge is 0.353 e. The molecule has 0 saturated heterocycles. The molecule has 1 aliphatic rings. The second-order valence-electron chi connectivity index (χ2n) is 6.25. The molecule has 0 radical (unpaired) electrons. The summed E-state index contributed by atoms with van der Waals surface area (Å²) in [7, 11) is 0. The van der Waals surface area contributed by atoms with Crippen molar-refractivity contribution >= 4 is 56.8 Å². The van der Waals surface area contributed by atoms with Gasteiger partial charge in [0.05, 0.1) is 14.9 Å². The minimum atomic E-state index is -0.837. The molecule has 0 bridgehead atoms. The Morgan fingerprint density at radius 1 is 1.22 bits per heavy atom. The Labute approximate surface area is 174 Å². The third kappa shape index (κ3) is 4.44. The fourth-order valence-corrected chi connectivity index (χ4v) is 5.29. The fraction of sp³-hybridized carbons (Fsp3) is 0.316. The Bertz CT molecular complexity index is 897. The number of hydrogen-bond donors (Lipinski definition) is 1. The Kier molecular flexibility index (Phi) is 6.39. The minimum absolute atomic E-state index is 0.319. The third-order valence-electron chi connectivity index (χ3n) is 4.26. The number of thioether (sulfide) groups is 1. The van der Waals surface area contributed by atoms with Crippen molar-refractivity contribution in [1.82, 2.24) is 10.2 Å². The van der Waals surface area contributed by atoms with Gasteiger partial charge in [-0.25, -0.2) is 0 Å². The second kappa shape index (κ2) is 8.58. The Morgan fingerprint density at radius 3 is 2.67 bits per heavy atom. The molecule has 2 heterocycles. The van der Waals surface area contributed by atoms with E-state index in [0.29, 0.717) is 17.7 Å². The highest BCUT2D eigenvalue weighted by Crippen LogP contribution is 2.26. The zero-order chi connectivity index (χ0) is 19.6. The number of imide groups is 1. The molecule has 1 atom stereocenters. The van der Waals surface area contributed by atoms with Crippen LogP contribution in [-0.4, -0.2) is 41.0 Å². The van der Waals surface area contributed by atoms with Gasteiger partial charge in [-0.05, 0) is 54.0 Å². The Balaban J connectivity index is 1.50. The molecule has 2 aromatic rings. The molecule has 8 heteroatoms. The first-order valence-corrected chi connectivity index (χ1v) is 11.2. The number of aryl methyl sites for hydroxylation is 1. The summed E-state index contributed by atoms with van der Waals surface area (Å²) >= 11 is 6.86. The van der Waals surface area contributed by atoms with E-state index in [1.165, 1.54) is 4.88 Å². The van der Waals surface area contributed by atoms with Gasteiger partial charge in [-0.2, -0.15) is 11.8 Å². The molecular formula is C19H19BrN2O3S2. The molecule has 0 fully saturated rings. The summed E-state index contributed by atoms with van der Waals surface area (Å²) in [6.07, 6.45) is 0. The Hall–Kier alpha value is -1.64. The molecule has 3 amide bonds. The van der Waals surface area contributed by atoms with Crippen LogP contribution in [-0.2, 0) is 10.5 Å². The first-order chi connectivity index (χ1) is 12.9. The zero-order valence-electron chi connectivity index (χ0n) is 15.0. The molecule has 27 heavy (non-hydrogen) atoms. The van der Waals surface area contributed by atoms with Gasteiger partial charge in [0.2, 0.25) is 5.91 Å². The number of halogens is 1. The van der Waals surface area contributed by atoms with Crippen molar-refractivity contribution < 1.29 is 14.4 Å². The quantitative estimate of drug-likeness (QED) is 0.496. The lowest BCUT2D eigenvalue weighted by Gasteiger charge is -2.21. The lowest BCUT2D eigenvalue weighted by molar-refractivity contribution is -0.124. The number of rotatable bonds is 7. The van der Waals surface area contributed by atoms with Crippen LogP contribution in [0.5, 0.6) is 0 Å². The maximum atomic E-state index is 12.6. The number of benzene rings is 1. The molecule has 1 unspecified atom stereocenters. The van der Waals surface area contributed by atoms with E-state index < -0.39 is 17.9 Å². The summed E-state index contributed by atoms with van der Waals surface area (Å²) < 4.78 is 1.11. The van der Waals surface area contributed by atoms with Crippen LogP contribution in [0, 0.1) is 6.92 Å². The van der Waals surface area contributed by atoms with Crippen LogP contribution >= 0.6 is 39.0 Å². The van der Waals surface area contributed by atoms with Gasteiger partial charge in [-0.1, -0.05) is 11.6 Å². The van der Waals surface area contributed by atoms with Gasteiger partial charge in [0.1, 0.15) is 6.04 Å². The van der Waals surface area contributed by atoms with Gasteiger partial charge >= 0.3 is 0 Å². The maximum absolute atomic E-state index is 12.6. The smallest absolute Gasteiger partial charge is 0.262 e. The van der Waals surface area contributed by atoms with Gasteiger partial charge in [0.25, 0.3) is 11.8 Å². The molecule has 0 saturated carbocycles. The third-order valence-corrected chi connectivity index (χ3v) is 7.07. The van der Waals surface area contributed by atoms with Crippen molar-refractivity contribution in [2.45, 2.75) is 25.6 Å². The number of nitrogens with one attached hydrogen (secondary N) is 1. The van der Waals surface area contributed by atoms with Crippen molar-refractivity contribution in [2.75, 3.05) is 12.3 Å². The lowest BCUT2D eigenvalue weighted by atomic mass is 10.1. The van der Waals surface area contributed by atoms with Gasteiger partial charge in [-0.3, -0.25) is 19.3 Å². The van der Waals surface area contributed by atoms with Gasteiger partial charge < -0.3 is 5.32 Å². The first kappa shape index (κ1) is 20.1. The zero-order valence-corrected chi connectivity index (χ0v) is 18.2. The lowest BCUT2D eigenvalue weighted by Crippen LogP contribution is -2.48. The van der Waals surface area contributed by atoms with E-state index in [0.717, 1.165) is 25.8 Å². The van der Waals surface area contributed by atoms with Crippen molar-refractivity contribution in [3.05, 3.63) is 55.7 Å². The summed E-state index contributed by atoms with van der Waals surface area (Å²) in [5.41, 5.74) is 1.64. The topological polar surface area (TPSA) is 66.5 Å². The predicted molar refractivity (Wildman–Crippen MR) is 112 cm³/mol.